The molecule has 0 aliphatic carbocycles. The Bertz CT molecular complexity index is 463. The number of ether oxygens (including phenoxy) is 2. The molecule has 102 valence electrons. The summed E-state index contributed by atoms with van der Waals surface area (Å²) in [5.41, 5.74) is 0.319. The van der Waals surface area contributed by atoms with Gasteiger partial charge in [0, 0.05) is 12.0 Å². The molecule has 0 aliphatic heterocycles. The number of benzene rings is 1. The maximum Gasteiger partial charge on any atom is 0.330 e. The second-order valence-corrected chi connectivity index (χ2v) is 3.88. The summed E-state index contributed by atoms with van der Waals surface area (Å²) in [6, 6.07) is 7.34. The standard InChI is InChI=1S/C15H18O4/c1-3-10-18-13-8-4-5-9-14(13)19-11-6-7-12(2)15(16)17/h3-5,7-9H,1,6,10-11H2,2H3,(H,16,17). The smallest absolute Gasteiger partial charge is 0.330 e. The molecule has 0 unspecified atom stereocenters. The van der Waals surface area contributed by atoms with Gasteiger partial charge in [0.05, 0.1) is 6.61 Å². The fourth-order valence-electron chi connectivity index (χ4n) is 1.37. The van der Waals surface area contributed by atoms with Crippen molar-refractivity contribution >= 4 is 5.97 Å². The van der Waals surface area contributed by atoms with Crippen molar-refractivity contribution in [2.24, 2.45) is 0 Å². The molecule has 0 aliphatic rings. The highest BCUT2D eigenvalue weighted by molar-refractivity contribution is 5.85. The Morgan fingerprint density at radius 2 is 1.95 bits per heavy atom. The Hall–Kier alpha value is -2.23. The molecule has 0 saturated heterocycles. The highest BCUT2D eigenvalue weighted by atomic mass is 16.5. The summed E-state index contributed by atoms with van der Waals surface area (Å²) in [6.45, 7) is 5.96. The van der Waals surface area contributed by atoms with Crippen molar-refractivity contribution in [2.45, 2.75) is 13.3 Å². The predicted octanol–water partition coefficient (Wildman–Crippen LogP) is 3.05. The Balaban J connectivity index is 2.51. The molecule has 0 heterocycles. The Kier molecular flexibility index (Phi) is 6.22. The zero-order valence-corrected chi connectivity index (χ0v) is 11.0. The van der Waals surface area contributed by atoms with Gasteiger partial charge in [0.25, 0.3) is 0 Å². The van der Waals surface area contributed by atoms with Gasteiger partial charge < -0.3 is 14.6 Å². The van der Waals surface area contributed by atoms with E-state index in [-0.39, 0.29) is 0 Å². The van der Waals surface area contributed by atoms with E-state index in [0.29, 0.717) is 36.7 Å². The van der Waals surface area contributed by atoms with Crippen molar-refractivity contribution in [3.8, 4) is 11.5 Å². The van der Waals surface area contributed by atoms with E-state index in [1.165, 1.54) is 0 Å². The van der Waals surface area contributed by atoms with Crippen LogP contribution in [0.2, 0.25) is 0 Å². The van der Waals surface area contributed by atoms with Crippen LogP contribution in [0.5, 0.6) is 11.5 Å². The second kappa shape index (κ2) is 7.97. The van der Waals surface area contributed by atoms with Gasteiger partial charge in [-0.2, -0.15) is 0 Å². The number of hydrogen-bond donors (Lipinski definition) is 1. The molecular formula is C15H18O4. The summed E-state index contributed by atoms with van der Waals surface area (Å²) in [4.78, 5) is 10.6. The molecule has 4 heteroatoms. The zero-order valence-electron chi connectivity index (χ0n) is 11.0. The number of hydrogen-bond acceptors (Lipinski definition) is 3. The number of rotatable bonds is 8. The molecule has 0 fully saturated rings. The van der Waals surface area contributed by atoms with E-state index in [1.54, 1.807) is 19.1 Å². The van der Waals surface area contributed by atoms with Gasteiger partial charge in [0.1, 0.15) is 6.61 Å². The lowest BCUT2D eigenvalue weighted by Crippen LogP contribution is -2.01. The monoisotopic (exact) mass is 262 g/mol. The lowest BCUT2D eigenvalue weighted by molar-refractivity contribution is -0.132. The molecule has 1 rings (SSSR count). The van der Waals surface area contributed by atoms with Crippen LogP contribution >= 0.6 is 0 Å². The van der Waals surface area contributed by atoms with E-state index in [9.17, 15) is 4.79 Å². The third-order valence-electron chi connectivity index (χ3n) is 2.37. The van der Waals surface area contributed by atoms with Crippen LogP contribution in [-0.4, -0.2) is 24.3 Å². The van der Waals surface area contributed by atoms with Crippen LogP contribution < -0.4 is 9.47 Å². The number of carboxylic acids is 1. The van der Waals surface area contributed by atoms with E-state index in [2.05, 4.69) is 6.58 Å². The van der Waals surface area contributed by atoms with Crippen LogP contribution in [0.15, 0.2) is 48.6 Å². The van der Waals surface area contributed by atoms with Gasteiger partial charge in [-0.3, -0.25) is 0 Å². The van der Waals surface area contributed by atoms with Gasteiger partial charge in [-0.1, -0.05) is 30.9 Å². The first-order valence-corrected chi connectivity index (χ1v) is 6.00. The van der Waals surface area contributed by atoms with Crippen molar-refractivity contribution in [2.75, 3.05) is 13.2 Å². The average molecular weight is 262 g/mol. The van der Waals surface area contributed by atoms with Gasteiger partial charge >= 0.3 is 5.97 Å². The number of para-hydroxylation sites is 2. The first-order valence-electron chi connectivity index (χ1n) is 6.00. The Morgan fingerprint density at radius 3 is 2.53 bits per heavy atom. The maximum atomic E-state index is 10.6. The maximum absolute atomic E-state index is 10.6. The van der Waals surface area contributed by atoms with Crippen LogP contribution in [0.1, 0.15) is 13.3 Å². The van der Waals surface area contributed by atoms with Crippen molar-refractivity contribution in [3.63, 3.8) is 0 Å². The van der Waals surface area contributed by atoms with Crippen LogP contribution in [-0.2, 0) is 4.79 Å². The second-order valence-electron chi connectivity index (χ2n) is 3.88. The van der Waals surface area contributed by atoms with E-state index >= 15 is 0 Å². The van der Waals surface area contributed by atoms with E-state index < -0.39 is 5.97 Å². The molecule has 0 amide bonds. The van der Waals surface area contributed by atoms with Gasteiger partial charge in [-0.15, -0.1) is 0 Å². The summed E-state index contributed by atoms with van der Waals surface area (Å²) in [6.07, 6.45) is 3.83. The summed E-state index contributed by atoms with van der Waals surface area (Å²) >= 11 is 0. The van der Waals surface area contributed by atoms with Gasteiger partial charge in [0.15, 0.2) is 11.5 Å². The highest BCUT2D eigenvalue weighted by Crippen LogP contribution is 2.26. The number of aliphatic carboxylic acids is 1. The van der Waals surface area contributed by atoms with Crippen molar-refractivity contribution < 1.29 is 19.4 Å². The highest BCUT2D eigenvalue weighted by Gasteiger charge is 2.03. The van der Waals surface area contributed by atoms with Crippen molar-refractivity contribution in [1.29, 1.82) is 0 Å². The molecule has 0 radical (unpaired) electrons. The molecule has 0 saturated carbocycles. The Morgan fingerprint density at radius 1 is 1.32 bits per heavy atom. The molecule has 19 heavy (non-hydrogen) atoms. The summed E-state index contributed by atoms with van der Waals surface area (Å²) < 4.78 is 11.0. The minimum Gasteiger partial charge on any atom is -0.489 e. The van der Waals surface area contributed by atoms with E-state index in [4.69, 9.17) is 14.6 Å². The van der Waals surface area contributed by atoms with Crippen LogP contribution in [0.25, 0.3) is 0 Å². The first kappa shape index (κ1) is 14.8. The third-order valence-corrected chi connectivity index (χ3v) is 2.37. The molecular weight excluding hydrogens is 244 g/mol. The Labute approximate surface area is 113 Å². The molecule has 4 nitrogen and oxygen atoms in total. The first-order chi connectivity index (χ1) is 9.15. The summed E-state index contributed by atoms with van der Waals surface area (Å²) in [5.74, 6) is 0.391. The van der Waals surface area contributed by atoms with E-state index in [1.807, 2.05) is 24.3 Å². The molecule has 0 bridgehead atoms. The summed E-state index contributed by atoms with van der Waals surface area (Å²) in [5, 5.41) is 8.70. The number of carbonyl (C=O) groups is 1. The summed E-state index contributed by atoms with van der Waals surface area (Å²) in [7, 11) is 0. The van der Waals surface area contributed by atoms with Gasteiger partial charge in [-0.25, -0.2) is 4.79 Å². The molecule has 0 atom stereocenters. The zero-order chi connectivity index (χ0) is 14.1. The van der Waals surface area contributed by atoms with Crippen molar-refractivity contribution in [3.05, 3.63) is 48.6 Å². The van der Waals surface area contributed by atoms with Gasteiger partial charge in [-0.05, 0) is 19.1 Å². The van der Waals surface area contributed by atoms with E-state index in [0.717, 1.165) is 0 Å². The third kappa shape index (κ3) is 5.29. The fraction of sp³-hybridized carbons (Fsp3) is 0.267. The van der Waals surface area contributed by atoms with Crippen LogP contribution in [0.3, 0.4) is 0 Å². The molecule has 1 N–H and O–H groups in total. The average Bonchev–Trinajstić information content (AvgIpc) is 2.42. The fourth-order valence-corrected chi connectivity index (χ4v) is 1.37. The lowest BCUT2D eigenvalue weighted by atomic mass is 10.2. The SMILES string of the molecule is C=CCOc1ccccc1OCCC=C(C)C(=O)O. The number of carboxylic acid groups (broad SMARTS) is 1. The van der Waals surface area contributed by atoms with Gasteiger partial charge in [0.2, 0.25) is 0 Å². The molecule has 1 aromatic carbocycles. The minimum absolute atomic E-state index is 0.319. The minimum atomic E-state index is -0.908. The molecule has 0 aromatic heterocycles. The predicted molar refractivity (Wildman–Crippen MR) is 73.6 cm³/mol. The van der Waals surface area contributed by atoms with Crippen LogP contribution in [0, 0.1) is 0 Å². The largest absolute Gasteiger partial charge is 0.489 e. The topological polar surface area (TPSA) is 55.8 Å². The lowest BCUT2D eigenvalue weighted by Gasteiger charge is -2.10. The quantitative estimate of drug-likeness (QED) is 0.444. The van der Waals surface area contributed by atoms with Crippen molar-refractivity contribution in [1.82, 2.24) is 0 Å². The normalized spacial score (nSPS) is 10.9. The molecule has 0 spiro atoms. The molecule has 1 aromatic rings. The van der Waals surface area contributed by atoms with Crippen LogP contribution in [0.4, 0.5) is 0 Å².